The summed E-state index contributed by atoms with van der Waals surface area (Å²) in [6.07, 6.45) is 0. The molecule has 6 rings (SSSR count). The molecule has 1 saturated heterocycles. The number of benzene rings is 5. The number of hydrogen-bond acceptors (Lipinski definition) is 7. The van der Waals surface area contributed by atoms with Crippen LogP contribution in [0.15, 0.2) is 161 Å². The normalized spacial score (nSPS) is 17.8. The van der Waals surface area contributed by atoms with Gasteiger partial charge in [-0.25, -0.2) is 13.1 Å². The van der Waals surface area contributed by atoms with Crippen molar-refractivity contribution in [1.82, 2.24) is 9.62 Å². The predicted molar refractivity (Wildman–Crippen MR) is 201 cm³/mol. The smallest absolute Gasteiger partial charge is 0.289 e. The number of hydrogen-bond donors (Lipinski definition) is 2. The van der Waals surface area contributed by atoms with E-state index in [0.717, 1.165) is 26.7 Å². The molecule has 0 radical (unpaired) electrons. The molecule has 1 aliphatic heterocycles. The molecule has 1 fully saturated rings. The number of halogens is 1. The van der Waals surface area contributed by atoms with Gasteiger partial charge in [-0.05, 0) is 46.0 Å². The van der Waals surface area contributed by atoms with Gasteiger partial charge in [-0.15, -0.1) is 0 Å². The summed E-state index contributed by atoms with van der Waals surface area (Å²) in [5, 5.41) is 21.7. The highest BCUT2D eigenvalue weighted by atomic mass is 79.9. The minimum Gasteiger partial charge on any atom is -0.392 e. The van der Waals surface area contributed by atoms with Gasteiger partial charge in [0, 0.05) is 41.6 Å². The van der Waals surface area contributed by atoms with Gasteiger partial charge in [0.05, 0.1) is 18.1 Å². The molecule has 9 nitrogen and oxygen atoms in total. The van der Waals surface area contributed by atoms with Crippen molar-refractivity contribution in [2.24, 2.45) is 0 Å². The zero-order valence-corrected chi connectivity index (χ0v) is 30.1. The van der Waals surface area contributed by atoms with Crippen LogP contribution in [0.4, 0.5) is 5.69 Å². The lowest BCUT2D eigenvalue weighted by Crippen LogP contribution is -2.67. The van der Waals surface area contributed by atoms with E-state index in [2.05, 4.69) is 68.5 Å². The minimum absolute atomic E-state index is 0.0501. The number of aliphatic hydroxyl groups excluding tert-OH is 1. The summed E-state index contributed by atoms with van der Waals surface area (Å²) in [5.41, 5.74) is 2.87. The first kappa shape index (κ1) is 36.3. The lowest BCUT2D eigenvalue weighted by Gasteiger charge is -2.56. The topological polar surface area (TPSA) is 122 Å². The van der Waals surface area contributed by atoms with Crippen molar-refractivity contribution in [1.29, 1.82) is 0 Å². The van der Waals surface area contributed by atoms with Crippen LogP contribution < -0.4 is 4.72 Å². The van der Waals surface area contributed by atoms with Crippen LogP contribution in [-0.4, -0.2) is 61.7 Å². The van der Waals surface area contributed by atoms with E-state index in [1.54, 1.807) is 0 Å². The molecule has 11 heteroatoms. The molecule has 5 aromatic carbocycles. The van der Waals surface area contributed by atoms with Gasteiger partial charge in [0.15, 0.2) is 4.90 Å². The summed E-state index contributed by atoms with van der Waals surface area (Å²) >= 11 is 3.53. The SMILES string of the molecule is C=C(CO)CN1[C@H](COC(c2ccccc2)(c2ccccc2)c2ccccc2)[C@H](c2ccc(Br)cc2)[C@@H]1CNS(=O)(=O)c1ccccc1[N+](=O)[O-]. The fourth-order valence-electron chi connectivity index (χ4n) is 7.02. The number of nitrogens with zero attached hydrogens (tertiary/aromatic N) is 2. The zero-order chi connectivity index (χ0) is 36.0. The maximum absolute atomic E-state index is 13.6. The highest BCUT2D eigenvalue weighted by Crippen LogP contribution is 2.45. The highest BCUT2D eigenvalue weighted by molar-refractivity contribution is 9.10. The molecule has 51 heavy (non-hydrogen) atoms. The van der Waals surface area contributed by atoms with Crippen molar-refractivity contribution in [2.45, 2.75) is 28.5 Å². The molecule has 0 aromatic heterocycles. The van der Waals surface area contributed by atoms with Gasteiger partial charge in [0.25, 0.3) is 5.69 Å². The van der Waals surface area contributed by atoms with Crippen LogP contribution in [0.5, 0.6) is 0 Å². The molecule has 262 valence electrons. The molecule has 0 spiro atoms. The summed E-state index contributed by atoms with van der Waals surface area (Å²) in [4.78, 5) is 12.7. The Kier molecular flexibility index (Phi) is 11.3. The second kappa shape index (κ2) is 15.8. The van der Waals surface area contributed by atoms with Crippen LogP contribution in [0, 0.1) is 10.1 Å². The fourth-order valence-corrected chi connectivity index (χ4v) is 8.50. The quantitative estimate of drug-likeness (QED) is 0.0508. The Morgan fingerprint density at radius 2 is 1.33 bits per heavy atom. The largest absolute Gasteiger partial charge is 0.392 e. The number of likely N-dealkylation sites (tertiary alicyclic amines) is 1. The van der Waals surface area contributed by atoms with Crippen molar-refractivity contribution >= 4 is 31.6 Å². The van der Waals surface area contributed by atoms with Gasteiger partial charge in [0.2, 0.25) is 10.0 Å². The Bertz CT molecular complexity index is 1970. The third-order valence-corrected chi connectivity index (χ3v) is 11.4. The van der Waals surface area contributed by atoms with E-state index >= 15 is 0 Å². The van der Waals surface area contributed by atoms with E-state index in [1.165, 1.54) is 24.3 Å². The number of sulfonamides is 1. The van der Waals surface area contributed by atoms with Crippen molar-refractivity contribution in [3.8, 4) is 0 Å². The molecule has 1 aliphatic rings. The van der Waals surface area contributed by atoms with Gasteiger partial charge in [-0.2, -0.15) is 0 Å². The first-order valence-electron chi connectivity index (χ1n) is 16.5. The first-order chi connectivity index (χ1) is 24.7. The Morgan fingerprint density at radius 1 is 0.824 bits per heavy atom. The van der Waals surface area contributed by atoms with Crippen molar-refractivity contribution < 1.29 is 23.2 Å². The van der Waals surface area contributed by atoms with Crippen LogP contribution in [0.1, 0.15) is 28.2 Å². The summed E-state index contributed by atoms with van der Waals surface area (Å²) in [6.45, 7) is 4.27. The Morgan fingerprint density at radius 3 is 1.84 bits per heavy atom. The molecule has 0 aliphatic carbocycles. The Balaban J connectivity index is 1.40. The zero-order valence-electron chi connectivity index (χ0n) is 27.7. The summed E-state index contributed by atoms with van der Waals surface area (Å²) in [5.74, 6) is -0.224. The van der Waals surface area contributed by atoms with E-state index in [4.69, 9.17) is 4.74 Å². The van der Waals surface area contributed by atoms with Gasteiger partial charge < -0.3 is 9.84 Å². The summed E-state index contributed by atoms with van der Waals surface area (Å²) in [7, 11) is -4.27. The molecule has 0 saturated carbocycles. The molecule has 3 atom stereocenters. The standard InChI is InChI=1S/C40H38BrN3O6S/c1-29(27-45)26-43-36(25-42-51(48,49)38-20-12-11-19-35(38)44(46)47)39(30-21-23-34(41)24-22-30)37(43)28-50-40(31-13-5-2-6-14-31,32-15-7-3-8-16-32)33-17-9-4-10-18-33/h2-24,36-37,39,42,45H,1,25-28H2/t36-,37+,39+/m0/s1. The van der Waals surface area contributed by atoms with Crippen LogP contribution in [0.3, 0.4) is 0 Å². The third kappa shape index (κ3) is 7.59. The number of rotatable bonds is 15. The number of ether oxygens (including phenoxy) is 1. The van der Waals surface area contributed by atoms with E-state index in [1.807, 2.05) is 78.9 Å². The van der Waals surface area contributed by atoms with Crippen LogP contribution in [-0.2, 0) is 20.4 Å². The van der Waals surface area contributed by atoms with Crippen molar-refractivity contribution in [2.75, 3.05) is 26.3 Å². The molecular formula is C40H38BrN3O6S. The summed E-state index contributed by atoms with van der Waals surface area (Å²) < 4.78 is 37.9. The molecule has 5 aromatic rings. The van der Waals surface area contributed by atoms with Gasteiger partial charge in [-0.3, -0.25) is 15.0 Å². The van der Waals surface area contributed by atoms with Gasteiger partial charge >= 0.3 is 0 Å². The fraction of sp³-hybridized carbons (Fsp3) is 0.200. The van der Waals surface area contributed by atoms with E-state index in [0.29, 0.717) is 5.57 Å². The number of nitro groups is 1. The molecular weight excluding hydrogens is 730 g/mol. The van der Waals surface area contributed by atoms with Crippen LogP contribution in [0.2, 0.25) is 0 Å². The predicted octanol–water partition coefficient (Wildman–Crippen LogP) is 7.03. The molecule has 2 N–H and O–H groups in total. The van der Waals surface area contributed by atoms with Gasteiger partial charge in [-0.1, -0.05) is 138 Å². The van der Waals surface area contributed by atoms with Crippen molar-refractivity contribution in [3.63, 3.8) is 0 Å². The maximum atomic E-state index is 13.6. The van der Waals surface area contributed by atoms with Crippen molar-refractivity contribution in [3.05, 3.63) is 189 Å². The average Bonchev–Trinajstić information content (AvgIpc) is 3.16. The molecule has 0 bridgehead atoms. The Labute approximate surface area is 306 Å². The average molecular weight is 769 g/mol. The van der Waals surface area contributed by atoms with Crippen LogP contribution >= 0.6 is 15.9 Å². The number of para-hydroxylation sites is 1. The lowest BCUT2D eigenvalue weighted by molar-refractivity contribution is -0.387. The second-order valence-electron chi connectivity index (χ2n) is 12.5. The van der Waals surface area contributed by atoms with E-state index < -0.39 is 37.2 Å². The summed E-state index contributed by atoms with van der Waals surface area (Å²) in [6, 6.07) is 42.7. The second-order valence-corrected chi connectivity index (χ2v) is 15.1. The number of nitrogens with one attached hydrogen (secondary N) is 1. The first-order valence-corrected chi connectivity index (χ1v) is 18.8. The number of aliphatic hydroxyl groups is 1. The molecule has 1 heterocycles. The lowest BCUT2D eigenvalue weighted by atomic mass is 9.74. The monoisotopic (exact) mass is 767 g/mol. The molecule has 0 unspecified atom stereocenters. The maximum Gasteiger partial charge on any atom is 0.289 e. The van der Waals surface area contributed by atoms with Gasteiger partial charge in [0.1, 0.15) is 5.60 Å². The molecule has 0 amide bonds. The van der Waals surface area contributed by atoms with Crippen LogP contribution in [0.25, 0.3) is 0 Å². The van der Waals surface area contributed by atoms with E-state index in [9.17, 15) is 23.6 Å². The Hall–Kier alpha value is -4.49. The minimum atomic E-state index is -4.27. The number of nitro benzene ring substituents is 1. The highest BCUT2D eigenvalue weighted by Gasteiger charge is 2.51. The third-order valence-electron chi connectivity index (χ3n) is 9.41. The van der Waals surface area contributed by atoms with E-state index in [-0.39, 0.29) is 38.3 Å².